The van der Waals surface area contributed by atoms with Gasteiger partial charge in [-0.3, -0.25) is 23.4 Å². The molecule has 0 saturated heterocycles. The number of aliphatic carboxylic acids is 1. The van der Waals surface area contributed by atoms with Gasteiger partial charge in [-0.05, 0) is 38.5 Å². The predicted molar refractivity (Wildman–Crippen MR) is 240 cm³/mol. The highest BCUT2D eigenvalue weighted by Gasteiger charge is 2.28. The molecule has 0 aliphatic rings. The Labute approximate surface area is 360 Å². The number of rotatable bonds is 46. The van der Waals surface area contributed by atoms with Gasteiger partial charge in [-0.15, -0.1) is 0 Å². The monoisotopic (exact) mass is 860 g/mol. The first-order chi connectivity index (χ1) is 28.6. The van der Waals surface area contributed by atoms with Gasteiger partial charge in [0.1, 0.15) is 12.6 Å². The summed E-state index contributed by atoms with van der Waals surface area (Å²) in [6.45, 7) is 2.83. The van der Waals surface area contributed by atoms with Crippen LogP contribution in [-0.2, 0) is 37.5 Å². The van der Waals surface area contributed by atoms with Crippen molar-refractivity contribution in [3.05, 3.63) is 12.2 Å². The lowest BCUT2D eigenvalue weighted by Crippen LogP contribution is -2.34. The Kier molecular flexibility index (Phi) is 41.6. The lowest BCUT2D eigenvalue weighted by Gasteiger charge is -2.20. The first kappa shape index (κ1) is 57.2. The number of carboxylic acid groups (broad SMARTS) is 1. The molecule has 0 aliphatic heterocycles. The Hall–Kier alpha value is -1.78. The van der Waals surface area contributed by atoms with Gasteiger partial charge >= 0.3 is 25.7 Å². The zero-order chi connectivity index (χ0) is 43.5. The number of hydrogen-bond donors (Lipinski definition) is 3. The first-order valence-electron chi connectivity index (χ1n) is 24.2. The molecule has 1 unspecified atom stereocenters. The fourth-order valence-corrected chi connectivity index (χ4v) is 7.72. The Bertz CT molecular complexity index is 1060. The zero-order valence-corrected chi connectivity index (χ0v) is 38.8. The maximum absolute atomic E-state index is 12.7. The predicted octanol–water partition coefficient (Wildman–Crippen LogP) is 13.2. The molecule has 12 heteroatoms. The number of allylic oxidation sites excluding steroid dienone is 2. The molecule has 3 atom stereocenters. The lowest BCUT2D eigenvalue weighted by atomic mass is 10.0. The molecule has 348 valence electrons. The van der Waals surface area contributed by atoms with E-state index in [1.165, 1.54) is 141 Å². The number of esters is 2. The summed E-state index contributed by atoms with van der Waals surface area (Å²) in [5.41, 5.74) is 5.34. The van der Waals surface area contributed by atoms with Crippen LogP contribution in [0.1, 0.15) is 239 Å². The molecule has 4 N–H and O–H groups in total. The van der Waals surface area contributed by atoms with E-state index in [0.29, 0.717) is 12.8 Å². The molecule has 59 heavy (non-hydrogen) atoms. The summed E-state index contributed by atoms with van der Waals surface area (Å²) in [5, 5.41) is 8.90. The van der Waals surface area contributed by atoms with Crippen molar-refractivity contribution in [1.29, 1.82) is 0 Å². The van der Waals surface area contributed by atoms with Gasteiger partial charge in [0.05, 0.1) is 13.2 Å². The second-order valence-electron chi connectivity index (χ2n) is 16.6. The minimum atomic E-state index is -4.71. The van der Waals surface area contributed by atoms with E-state index in [0.717, 1.165) is 57.8 Å². The third kappa shape index (κ3) is 42.7. The number of phosphoric ester groups is 1. The van der Waals surface area contributed by atoms with Crippen molar-refractivity contribution in [3.63, 3.8) is 0 Å². The quantitative estimate of drug-likeness (QED) is 0.0230. The molecule has 0 aromatic carbocycles. The number of carboxylic acids is 1. The van der Waals surface area contributed by atoms with Crippen LogP contribution >= 0.6 is 7.82 Å². The summed E-state index contributed by atoms with van der Waals surface area (Å²) >= 11 is 0. The van der Waals surface area contributed by atoms with Crippen LogP contribution in [-0.4, -0.2) is 59.9 Å². The molecule has 0 heterocycles. The standard InChI is InChI=1S/C47H90NO10P/c1-3-5-7-9-11-13-15-17-19-20-21-22-23-25-27-29-31-33-35-37-39-46(50)58-43(41-56-59(53,54)57-42-44(48)47(51)52)40-55-45(49)38-36-34-32-30-28-26-24-18-16-14-12-10-8-6-4-2/h18,24,43-44H,3-17,19-23,25-42,48H2,1-2H3,(H,51,52)(H,53,54)/b24-18+/t43-,44+/m1/s1. The summed E-state index contributed by atoms with van der Waals surface area (Å²) in [4.78, 5) is 46.1. The van der Waals surface area contributed by atoms with E-state index in [2.05, 4.69) is 30.5 Å². The number of nitrogens with two attached hydrogens (primary N) is 1. The van der Waals surface area contributed by atoms with Crippen LogP contribution in [0.2, 0.25) is 0 Å². The fourth-order valence-electron chi connectivity index (χ4n) is 6.94. The summed E-state index contributed by atoms with van der Waals surface area (Å²) in [7, 11) is -4.71. The largest absolute Gasteiger partial charge is 0.480 e. The molecule has 0 aliphatic carbocycles. The molecule has 0 spiro atoms. The molecule has 0 fully saturated rings. The zero-order valence-electron chi connectivity index (χ0n) is 37.9. The molecule has 0 amide bonds. The highest BCUT2D eigenvalue weighted by molar-refractivity contribution is 7.47. The van der Waals surface area contributed by atoms with Gasteiger partial charge in [0.15, 0.2) is 6.10 Å². The molecule has 0 bridgehead atoms. The molecule has 0 saturated carbocycles. The fraction of sp³-hybridized carbons (Fsp3) is 0.894. The Morgan fingerprint density at radius 1 is 0.508 bits per heavy atom. The van der Waals surface area contributed by atoms with Crippen LogP contribution in [0.5, 0.6) is 0 Å². The summed E-state index contributed by atoms with van der Waals surface area (Å²) in [5.74, 6) is -2.37. The van der Waals surface area contributed by atoms with Gasteiger partial charge in [0, 0.05) is 12.8 Å². The third-order valence-corrected chi connectivity index (χ3v) is 11.7. The van der Waals surface area contributed by atoms with Gasteiger partial charge < -0.3 is 25.2 Å². The van der Waals surface area contributed by atoms with Crippen LogP contribution in [0.3, 0.4) is 0 Å². The van der Waals surface area contributed by atoms with Crippen LogP contribution in [0.15, 0.2) is 12.2 Å². The van der Waals surface area contributed by atoms with E-state index >= 15 is 0 Å². The third-order valence-electron chi connectivity index (χ3n) is 10.8. The van der Waals surface area contributed by atoms with Crippen LogP contribution < -0.4 is 5.73 Å². The maximum Gasteiger partial charge on any atom is 0.472 e. The number of phosphoric acid groups is 1. The van der Waals surface area contributed by atoms with E-state index in [1.807, 2.05) is 0 Å². The topological polar surface area (TPSA) is 172 Å². The van der Waals surface area contributed by atoms with E-state index in [1.54, 1.807) is 0 Å². The van der Waals surface area contributed by atoms with E-state index < -0.39 is 51.1 Å². The summed E-state index contributed by atoms with van der Waals surface area (Å²) < 4.78 is 32.8. The highest BCUT2D eigenvalue weighted by Crippen LogP contribution is 2.43. The van der Waals surface area contributed by atoms with E-state index in [-0.39, 0.29) is 19.4 Å². The van der Waals surface area contributed by atoms with Gasteiger partial charge in [0.25, 0.3) is 0 Å². The second-order valence-corrected chi connectivity index (χ2v) is 18.1. The van der Waals surface area contributed by atoms with Gasteiger partial charge in [0.2, 0.25) is 0 Å². The number of carbonyl (C=O) groups excluding carboxylic acids is 2. The Morgan fingerprint density at radius 2 is 0.847 bits per heavy atom. The van der Waals surface area contributed by atoms with Crippen LogP contribution in [0.4, 0.5) is 0 Å². The Morgan fingerprint density at radius 3 is 1.24 bits per heavy atom. The van der Waals surface area contributed by atoms with Crippen molar-refractivity contribution in [3.8, 4) is 0 Å². The minimum Gasteiger partial charge on any atom is -0.480 e. The molecular formula is C47H90NO10P. The van der Waals surface area contributed by atoms with Crippen molar-refractivity contribution in [2.45, 2.75) is 251 Å². The number of unbranched alkanes of at least 4 members (excludes halogenated alkanes) is 30. The molecular weight excluding hydrogens is 769 g/mol. The number of hydrogen-bond acceptors (Lipinski definition) is 9. The van der Waals surface area contributed by atoms with Crippen molar-refractivity contribution in [2.75, 3.05) is 19.8 Å². The summed E-state index contributed by atoms with van der Waals surface area (Å²) in [6.07, 6.45) is 44.2. The van der Waals surface area contributed by atoms with Crippen molar-refractivity contribution >= 4 is 25.7 Å². The van der Waals surface area contributed by atoms with Crippen LogP contribution in [0, 0.1) is 0 Å². The van der Waals surface area contributed by atoms with Gasteiger partial charge in [-0.2, -0.15) is 0 Å². The number of ether oxygens (including phenoxy) is 2. The second kappa shape index (κ2) is 42.9. The van der Waals surface area contributed by atoms with Crippen molar-refractivity contribution < 1.29 is 47.5 Å². The van der Waals surface area contributed by atoms with Crippen LogP contribution in [0.25, 0.3) is 0 Å². The average molecular weight is 860 g/mol. The lowest BCUT2D eigenvalue weighted by molar-refractivity contribution is -0.161. The van der Waals surface area contributed by atoms with Gasteiger partial charge in [-0.1, -0.05) is 199 Å². The number of carbonyl (C=O) groups is 3. The van der Waals surface area contributed by atoms with E-state index in [4.69, 9.17) is 24.8 Å². The molecule has 0 radical (unpaired) electrons. The maximum atomic E-state index is 12.7. The smallest absolute Gasteiger partial charge is 0.472 e. The van der Waals surface area contributed by atoms with Crippen molar-refractivity contribution in [1.82, 2.24) is 0 Å². The normalized spacial score (nSPS) is 13.7. The Balaban J connectivity index is 4.25. The average Bonchev–Trinajstić information content (AvgIpc) is 3.21. The molecule has 0 rings (SSSR count). The van der Waals surface area contributed by atoms with Crippen molar-refractivity contribution in [2.24, 2.45) is 5.73 Å². The molecule has 11 nitrogen and oxygen atoms in total. The van der Waals surface area contributed by atoms with E-state index in [9.17, 15) is 23.8 Å². The SMILES string of the molecule is CCCCCCCC/C=C/CCCCCCCC(=O)OC[C@H](COP(=O)(O)OC[C@H](N)C(=O)O)OC(=O)CCCCCCCCCCCCCCCCCCCCCC. The molecule has 0 aromatic rings. The van der Waals surface area contributed by atoms with Gasteiger partial charge in [-0.25, -0.2) is 4.57 Å². The molecule has 0 aromatic heterocycles. The first-order valence-corrected chi connectivity index (χ1v) is 25.7. The summed E-state index contributed by atoms with van der Waals surface area (Å²) in [6, 6.07) is -1.52. The highest BCUT2D eigenvalue weighted by atomic mass is 31.2. The minimum absolute atomic E-state index is 0.166.